The minimum Gasteiger partial charge on any atom is -0.307 e. The van der Waals surface area contributed by atoms with Gasteiger partial charge in [-0.25, -0.2) is 15.0 Å². The third-order valence-electron chi connectivity index (χ3n) is 12.6. The summed E-state index contributed by atoms with van der Waals surface area (Å²) in [5, 5.41) is 10.3. The lowest BCUT2D eigenvalue weighted by atomic mass is 9.95. The molecule has 0 saturated heterocycles. The average Bonchev–Trinajstić information content (AvgIpc) is 3.89. The Balaban J connectivity index is 1.28. The Bertz CT molecular complexity index is 3890. The number of fused-ring (bicyclic) bond motifs is 6. The van der Waals surface area contributed by atoms with E-state index in [-0.39, 0.29) is 94.7 Å². The maximum Gasteiger partial charge on any atom is 0.416 e. The summed E-state index contributed by atoms with van der Waals surface area (Å²) in [6.07, 6.45) is -17.1. The second-order valence-electron chi connectivity index (χ2n) is 17.1. The minimum atomic E-state index is -4.94. The minimum absolute atomic E-state index is 0.000645. The van der Waals surface area contributed by atoms with Gasteiger partial charge in [-0.1, -0.05) is 60.7 Å². The lowest BCUT2D eigenvalue weighted by Crippen LogP contribution is -2.07. The number of halogens is 12. The van der Waals surface area contributed by atoms with Crippen LogP contribution in [-0.4, -0.2) is 29.1 Å². The van der Waals surface area contributed by atoms with E-state index in [1.807, 2.05) is 0 Å². The van der Waals surface area contributed by atoms with Crippen LogP contribution < -0.4 is 0 Å². The highest BCUT2D eigenvalue weighted by atomic mass is 19.4. The Labute approximate surface area is 408 Å². The van der Waals surface area contributed by atoms with Crippen molar-refractivity contribution in [2.75, 3.05) is 0 Å². The van der Waals surface area contributed by atoms with Crippen LogP contribution in [0.25, 0.3) is 100 Å². The third-order valence-corrected chi connectivity index (χ3v) is 12.6. The summed E-state index contributed by atoms with van der Waals surface area (Å²) >= 11 is 0. The van der Waals surface area contributed by atoms with Gasteiger partial charge in [0.2, 0.25) is 0 Å². The number of nitriles is 1. The molecule has 0 atom stereocenters. The number of pyridine rings is 1. The Morgan fingerprint density at radius 2 is 0.770 bits per heavy atom. The molecular formula is C55H27F12N7. The first-order chi connectivity index (χ1) is 35.2. The number of hydrogen-bond acceptors (Lipinski definition) is 5. The van der Waals surface area contributed by atoms with E-state index in [1.165, 1.54) is 39.7 Å². The van der Waals surface area contributed by atoms with Gasteiger partial charge in [-0.15, -0.1) is 0 Å². The van der Waals surface area contributed by atoms with Crippen molar-refractivity contribution in [3.05, 3.63) is 192 Å². The number of aromatic nitrogens is 6. The van der Waals surface area contributed by atoms with Gasteiger partial charge in [0.05, 0.1) is 67.5 Å². The van der Waals surface area contributed by atoms with E-state index < -0.39 is 47.0 Å². The van der Waals surface area contributed by atoms with Crippen LogP contribution in [0.5, 0.6) is 0 Å². The first-order valence-electron chi connectivity index (χ1n) is 22.0. The maximum atomic E-state index is 14.4. The summed E-state index contributed by atoms with van der Waals surface area (Å²) in [5.41, 5.74) is -3.69. The fourth-order valence-corrected chi connectivity index (χ4v) is 9.28. The third kappa shape index (κ3) is 8.17. The van der Waals surface area contributed by atoms with Crippen LogP contribution in [0.3, 0.4) is 0 Å². The lowest BCUT2D eigenvalue weighted by Gasteiger charge is -2.21. The Hall–Kier alpha value is -9.05. The van der Waals surface area contributed by atoms with Gasteiger partial charge < -0.3 is 9.13 Å². The maximum absolute atomic E-state index is 14.4. The molecule has 0 spiro atoms. The average molecular weight is 1010 g/mol. The molecule has 7 nitrogen and oxygen atoms in total. The van der Waals surface area contributed by atoms with E-state index in [0.29, 0.717) is 23.3 Å². The molecule has 19 heteroatoms. The molecule has 11 aromatic rings. The molecule has 11 rings (SSSR count). The molecule has 0 aliphatic carbocycles. The van der Waals surface area contributed by atoms with Crippen LogP contribution in [0.1, 0.15) is 27.8 Å². The fraction of sp³-hybridized carbons (Fsp3) is 0.0727. The largest absolute Gasteiger partial charge is 0.416 e. The van der Waals surface area contributed by atoms with Crippen molar-refractivity contribution in [3.63, 3.8) is 0 Å². The van der Waals surface area contributed by atoms with Gasteiger partial charge in [0.25, 0.3) is 0 Å². The highest BCUT2D eigenvalue weighted by Gasteiger charge is 2.36. The molecule has 0 aliphatic heterocycles. The van der Waals surface area contributed by atoms with Crippen molar-refractivity contribution >= 4 is 43.6 Å². The van der Waals surface area contributed by atoms with E-state index in [4.69, 9.17) is 15.0 Å². The number of benzene rings is 7. The summed E-state index contributed by atoms with van der Waals surface area (Å²) in [5.74, 6) is 0.405. The molecule has 0 bridgehead atoms. The predicted molar refractivity (Wildman–Crippen MR) is 253 cm³/mol. The summed E-state index contributed by atoms with van der Waals surface area (Å²) in [7, 11) is 0. The molecule has 0 aliphatic rings. The first kappa shape index (κ1) is 47.3. The molecular weight excluding hydrogens is 987 g/mol. The van der Waals surface area contributed by atoms with E-state index in [9.17, 15) is 57.9 Å². The number of hydrogen-bond donors (Lipinski definition) is 0. The zero-order valence-corrected chi connectivity index (χ0v) is 37.3. The lowest BCUT2D eigenvalue weighted by molar-refractivity contribution is -0.138. The van der Waals surface area contributed by atoms with E-state index in [0.717, 1.165) is 60.7 Å². The molecule has 0 N–H and O–H groups in total. The fourth-order valence-electron chi connectivity index (χ4n) is 9.28. The van der Waals surface area contributed by atoms with Crippen LogP contribution in [0.4, 0.5) is 52.7 Å². The SMILES string of the molecule is N#Cc1cc(-c2nc(-c3ccccc3)nc(-c3ccccc3)n2)cc(-c2ccncc2-n2c3ccc(C(F)(F)F)cc3c3cc(C(F)(F)F)ccc32)c1-n1c2ccc(C(F)(F)F)cc2c2cc(C(F)(F)F)ccc21. The predicted octanol–water partition coefficient (Wildman–Crippen LogP) is 16.1. The number of rotatable bonds is 6. The smallest absolute Gasteiger partial charge is 0.307 e. The Morgan fingerprint density at radius 3 is 1.15 bits per heavy atom. The van der Waals surface area contributed by atoms with Gasteiger partial charge in [0.1, 0.15) is 6.07 Å². The molecule has 4 aromatic heterocycles. The molecule has 4 heterocycles. The molecule has 74 heavy (non-hydrogen) atoms. The van der Waals surface area contributed by atoms with E-state index >= 15 is 0 Å². The molecule has 0 fully saturated rings. The van der Waals surface area contributed by atoms with Crippen LogP contribution in [0, 0.1) is 11.3 Å². The summed E-state index contributed by atoms with van der Waals surface area (Å²) < 4.78 is 175. The van der Waals surface area contributed by atoms with Crippen LogP contribution in [0.2, 0.25) is 0 Å². The molecule has 0 unspecified atom stereocenters. The number of nitrogens with zero attached hydrogens (tertiary/aromatic N) is 7. The zero-order valence-electron chi connectivity index (χ0n) is 37.3. The molecule has 0 saturated carbocycles. The van der Waals surface area contributed by atoms with Gasteiger partial charge in [0.15, 0.2) is 17.5 Å². The standard InChI is InChI=1S/C55H27F12N7/c56-52(57,58)33-11-15-43-38(23-33)39-24-34(53(59,60)61)12-16-44(39)73(43)47-28-69-20-19-37(47)42-22-31(51-71-49(29-7-3-1-4-8-29)70-50(72-51)30-9-5-2-6-10-30)21-32(27-68)48(42)74-45-17-13-35(54(62,63)64)25-40(45)41-26-36(55(65,66)67)14-18-46(41)74/h1-26,28H. The van der Waals surface area contributed by atoms with Crippen molar-refractivity contribution in [2.24, 2.45) is 0 Å². The summed E-state index contributed by atoms with van der Waals surface area (Å²) in [6.45, 7) is 0. The summed E-state index contributed by atoms with van der Waals surface area (Å²) in [4.78, 5) is 18.7. The number of alkyl halides is 12. The van der Waals surface area contributed by atoms with Gasteiger partial charge in [-0.3, -0.25) is 4.98 Å². The Morgan fingerprint density at radius 1 is 0.392 bits per heavy atom. The van der Waals surface area contributed by atoms with E-state index in [1.54, 1.807) is 60.7 Å². The van der Waals surface area contributed by atoms with Crippen molar-refractivity contribution < 1.29 is 52.7 Å². The highest BCUT2D eigenvalue weighted by Crippen LogP contribution is 2.47. The van der Waals surface area contributed by atoms with Gasteiger partial charge >= 0.3 is 24.7 Å². The van der Waals surface area contributed by atoms with Crippen molar-refractivity contribution in [3.8, 4) is 62.7 Å². The van der Waals surface area contributed by atoms with Crippen LogP contribution >= 0.6 is 0 Å². The van der Waals surface area contributed by atoms with Crippen molar-refractivity contribution in [2.45, 2.75) is 24.7 Å². The second kappa shape index (κ2) is 17.0. The van der Waals surface area contributed by atoms with Crippen molar-refractivity contribution in [1.82, 2.24) is 29.1 Å². The van der Waals surface area contributed by atoms with Crippen molar-refractivity contribution in [1.29, 1.82) is 5.26 Å². The molecule has 0 amide bonds. The molecule has 0 radical (unpaired) electrons. The van der Waals surface area contributed by atoms with E-state index in [2.05, 4.69) is 11.1 Å². The quantitative estimate of drug-likeness (QED) is 0.155. The summed E-state index contributed by atoms with van der Waals surface area (Å²) in [6, 6.07) is 34.3. The van der Waals surface area contributed by atoms with Gasteiger partial charge in [0, 0.05) is 55.6 Å². The monoisotopic (exact) mass is 1010 g/mol. The van der Waals surface area contributed by atoms with Crippen LogP contribution in [-0.2, 0) is 24.7 Å². The van der Waals surface area contributed by atoms with Crippen LogP contribution in [0.15, 0.2) is 164 Å². The zero-order chi connectivity index (χ0) is 52.1. The topological polar surface area (TPSA) is 85.2 Å². The normalized spacial score (nSPS) is 12.6. The Kier molecular flexibility index (Phi) is 10.9. The highest BCUT2D eigenvalue weighted by molar-refractivity contribution is 6.12. The first-order valence-corrected chi connectivity index (χ1v) is 22.0. The van der Waals surface area contributed by atoms with Gasteiger partial charge in [-0.05, 0) is 91.0 Å². The second-order valence-corrected chi connectivity index (χ2v) is 17.1. The van der Waals surface area contributed by atoms with Gasteiger partial charge in [-0.2, -0.15) is 57.9 Å². The molecule has 7 aromatic carbocycles. The molecule has 366 valence electrons.